The Labute approximate surface area is 364 Å². The number of para-hydroxylation sites is 2. The van der Waals surface area contributed by atoms with Crippen LogP contribution in [0.2, 0.25) is 0 Å². The first-order valence-corrected chi connectivity index (χ1v) is 21.6. The van der Waals surface area contributed by atoms with Crippen molar-refractivity contribution in [3.8, 4) is 57.4 Å². The van der Waals surface area contributed by atoms with Crippen LogP contribution in [0.15, 0.2) is 194 Å². The van der Waals surface area contributed by atoms with Gasteiger partial charge in [-0.05, 0) is 48.5 Å². The zero-order valence-corrected chi connectivity index (χ0v) is 34.3. The fourth-order valence-corrected chi connectivity index (χ4v) is 10.1. The minimum atomic E-state index is 0.536. The third-order valence-electron chi connectivity index (χ3n) is 11.8. The number of hydrogen-bond acceptors (Lipinski definition) is 7. The lowest BCUT2D eigenvalue weighted by molar-refractivity contribution is 0.952. The molecule has 0 bridgehead atoms. The summed E-state index contributed by atoms with van der Waals surface area (Å²) in [6.45, 7) is 0. The summed E-state index contributed by atoms with van der Waals surface area (Å²) in [7, 11) is 0. The van der Waals surface area contributed by atoms with E-state index in [1.54, 1.807) is 0 Å². The van der Waals surface area contributed by atoms with Gasteiger partial charge >= 0.3 is 0 Å². The molecular weight excluding hydrogens is 793 g/mol. The van der Waals surface area contributed by atoms with Crippen LogP contribution in [-0.2, 0) is 0 Å². The van der Waals surface area contributed by atoms with Gasteiger partial charge in [-0.3, -0.25) is 9.13 Å². The molecule has 0 atom stereocenters. The van der Waals surface area contributed by atoms with Crippen molar-refractivity contribution in [2.75, 3.05) is 0 Å². The fourth-order valence-electron chi connectivity index (χ4n) is 8.94. The highest BCUT2D eigenvalue weighted by Crippen LogP contribution is 2.41. The number of benzene rings is 8. The molecule has 8 aromatic carbocycles. The third-order valence-corrected chi connectivity index (χ3v) is 13.0. The molecule has 9 heteroatoms. The molecule has 0 unspecified atom stereocenters. The monoisotopic (exact) mass is 824 g/mol. The summed E-state index contributed by atoms with van der Waals surface area (Å²) in [5.41, 5.74) is 7.61. The molecule has 0 radical (unpaired) electrons. The number of fused-ring (bicyclic) bond motifs is 9. The molecule has 0 aliphatic rings. The van der Waals surface area contributed by atoms with Crippen LogP contribution in [0, 0.1) is 0 Å². The first kappa shape index (κ1) is 35.4. The van der Waals surface area contributed by atoms with Crippen LogP contribution in [0.3, 0.4) is 0 Å². The van der Waals surface area contributed by atoms with E-state index in [2.05, 4.69) is 124 Å². The van der Waals surface area contributed by atoms with Gasteiger partial charge in [0.1, 0.15) is 0 Å². The second-order valence-electron chi connectivity index (χ2n) is 15.6. The van der Waals surface area contributed by atoms with Gasteiger partial charge in [-0.1, -0.05) is 146 Å². The highest BCUT2D eigenvalue weighted by molar-refractivity contribution is 7.25. The van der Waals surface area contributed by atoms with Crippen molar-refractivity contribution in [3.63, 3.8) is 0 Å². The molecular formula is C54H32N8S. The zero-order chi connectivity index (χ0) is 41.4. The molecule has 0 saturated heterocycles. The molecule has 0 amide bonds. The maximum absolute atomic E-state index is 5.35. The van der Waals surface area contributed by atoms with Crippen LogP contribution in [0.4, 0.5) is 0 Å². The standard InChI is InChI=1S/C54H32N8S/c1-4-16-33(17-5-1)49-55-50(34-18-6-2-7-19-34)58-53(57-49)61-43-25-13-10-22-37(43)40-30-36(28-29-45(40)61)52-56-51(35-20-8-3-9-21-35)59-54(60-52)62-44-26-14-11-23-38(44)41-32-48-42(31-46(41)62)39-24-12-15-27-47(39)63-48/h1-32H. The first-order valence-electron chi connectivity index (χ1n) is 20.8. The topological polar surface area (TPSA) is 87.2 Å². The van der Waals surface area contributed by atoms with Crippen LogP contribution < -0.4 is 0 Å². The maximum Gasteiger partial charge on any atom is 0.238 e. The van der Waals surface area contributed by atoms with Gasteiger partial charge in [-0.25, -0.2) is 9.97 Å². The summed E-state index contributed by atoms with van der Waals surface area (Å²) in [4.78, 5) is 31.0. The van der Waals surface area contributed by atoms with Gasteiger partial charge in [-0.15, -0.1) is 11.3 Å². The molecule has 0 aliphatic carbocycles. The van der Waals surface area contributed by atoms with Crippen LogP contribution in [0.5, 0.6) is 0 Å². The Morgan fingerprint density at radius 3 is 1.25 bits per heavy atom. The molecule has 13 aromatic rings. The molecule has 294 valence electrons. The SMILES string of the molecule is c1ccc(-c2nc(-c3ccccc3)nc(-n3c4ccccc4c4cc(-c5nc(-c6ccccc6)nc(-n6c7ccccc7c7cc8sc9ccccc9c8cc76)n5)ccc43)n2)cc1. The van der Waals surface area contributed by atoms with Gasteiger partial charge < -0.3 is 0 Å². The predicted octanol–water partition coefficient (Wildman–Crippen LogP) is 13.3. The first-order chi connectivity index (χ1) is 31.2. The maximum atomic E-state index is 5.35. The highest BCUT2D eigenvalue weighted by Gasteiger charge is 2.22. The molecule has 5 aromatic heterocycles. The summed E-state index contributed by atoms with van der Waals surface area (Å²) in [6.07, 6.45) is 0. The lowest BCUT2D eigenvalue weighted by Crippen LogP contribution is -2.07. The molecule has 0 saturated carbocycles. The van der Waals surface area contributed by atoms with E-state index in [1.807, 2.05) is 90.2 Å². The Hall–Kier alpha value is -8.40. The summed E-state index contributed by atoms with van der Waals surface area (Å²) in [5.74, 6) is 3.46. The van der Waals surface area contributed by atoms with Gasteiger partial charge in [0.25, 0.3) is 0 Å². The van der Waals surface area contributed by atoms with Gasteiger partial charge in [0, 0.05) is 64.0 Å². The number of hydrogen-bond donors (Lipinski definition) is 0. The van der Waals surface area contributed by atoms with E-state index in [-0.39, 0.29) is 0 Å². The summed E-state index contributed by atoms with van der Waals surface area (Å²) < 4.78 is 6.86. The molecule has 63 heavy (non-hydrogen) atoms. The predicted molar refractivity (Wildman–Crippen MR) is 257 cm³/mol. The largest absolute Gasteiger partial charge is 0.278 e. The zero-order valence-electron chi connectivity index (χ0n) is 33.5. The van der Waals surface area contributed by atoms with E-state index in [0.29, 0.717) is 35.2 Å². The Morgan fingerprint density at radius 1 is 0.270 bits per heavy atom. The minimum Gasteiger partial charge on any atom is -0.278 e. The van der Waals surface area contributed by atoms with E-state index in [1.165, 1.54) is 20.2 Å². The van der Waals surface area contributed by atoms with Gasteiger partial charge in [0.05, 0.1) is 22.1 Å². The highest BCUT2D eigenvalue weighted by atomic mass is 32.1. The van der Waals surface area contributed by atoms with E-state index in [9.17, 15) is 0 Å². The van der Waals surface area contributed by atoms with E-state index < -0.39 is 0 Å². The fraction of sp³-hybridized carbons (Fsp3) is 0. The Bertz CT molecular complexity index is 3850. The average Bonchev–Trinajstić information content (AvgIpc) is 4.00. The van der Waals surface area contributed by atoms with Crippen molar-refractivity contribution in [1.82, 2.24) is 39.0 Å². The van der Waals surface area contributed by atoms with Crippen molar-refractivity contribution in [2.24, 2.45) is 0 Å². The molecule has 0 aliphatic heterocycles. The van der Waals surface area contributed by atoms with Crippen molar-refractivity contribution >= 4 is 75.1 Å². The molecule has 0 spiro atoms. The quantitative estimate of drug-likeness (QED) is 0.166. The van der Waals surface area contributed by atoms with Crippen molar-refractivity contribution < 1.29 is 0 Å². The van der Waals surface area contributed by atoms with E-state index >= 15 is 0 Å². The number of thiophene rings is 1. The third kappa shape index (κ3) is 5.75. The number of aromatic nitrogens is 8. The summed E-state index contributed by atoms with van der Waals surface area (Å²) in [5, 5.41) is 6.85. The number of nitrogens with zero attached hydrogens (tertiary/aromatic N) is 8. The van der Waals surface area contributed by atoms with Crippen LogP contribution in [0.25, 0.3) is 121 Å². The Kier molecular flexibility index (Phi) is 7.91. The van der Waals surface area contributed by atoms with Crippen molar-refractivity contribution in [2.45, 2.75) is 0 Å². The summed E-state index contributed by atoms with van der Waals surface area (Å²) in [6, 6.07) is 66.9. The van der Waals surface area contributed by atoms with Gasteiger partial charge in [-0.2, -0.15) is 19.9 Å². The van der Waals surface area contributed by atoms with Crippen molar-refractivity contribution in [3.05, 3.63) is 194 Å². The summed E-state index contributed by atoms with van der Waals surface area (Å²) >= 11 is 1.83. The Balaban J connectivity index is 1.04. The minimum absolute atomic E-state index is 0.536. The van der Waals surface area contributed by atoms with Crippen LogP contribution in [-0.4, -0.2) is 39.0 Å². The molecule has 0 fully saturated rings. The van der Waals surface area contributed by atoms with Crippen LogP contribution in [0.1, 0.15) is 0 Å². The van der Waals surface area contributed by atoms with Gasteiger partial charge in [0.15, 0.2) is 23.3 Å². The molecule has 5 heterocycles. The smallest absolute Gasteiger partial charge is 0.238 e. The normalized spacial score (nSPS) is 11.8. The van der Waals surface area contributed by atoms with Crippen molar-refractivity contribution in [1.29, 1.82) is 0 Å². The lowest BCUT2D eigenvalue weighted by Gasteiger charge is -2.12. The van der Waals surface area contributed by atoms with E-state index in [4.69, 9.17) is 29.9 Å². The second kappa shape index (κ2) is 14.1. The molecule has 0 N–H and O–H groups in total. The average molecular weight is 825 g/mol. The second-order valence-corrected chi connectivity index (χ2v) is 16.6. The van der Waals surface area contributed by atoms with E-state index in [0.717, 1.165) is 65.9 Å². The van der Waals surface area contributed by atoms with Gasteiger partial charge in [0.2, 0.25) is 11.9 Å². The Morgan fingerprint density at radius 2 is 0.698 bits per heavy atom. The molecule has 13 rings (SSSR count). The van der Waals surface area contributed by atoms with Crippen LogP contribution >= 0.6 is 11.3 Å². The number of rotatable bonds is 6. The lowest BCUT2D eigenvalue weighted by atomic mass is 10.1. The molecule has 8 nitrogen and oxygen atoms in total.